The molecule has 2 fully saturated rings. The molecule has 0 radical (unpaired) electrons. The second-order valence-corrected chi connectivity index (χ2v) is 8.37. The van der Waals surface area contributed by atoms with Gasteiger partial charge in [-0.25, -0.2) is 18.1 Å². The van der Waals surface area contributed by atoms with Crippen LogP contribution in [0, 0.1) is 0 Å². The molecule has 0 bridgehead atoms. The number of benzene rings is 1. The number of hydrogen-bond donors (Lipinski definition) is 0. The minimum atomic E-state index is -3.28. The molecule has 0 N–H and O–H groups in total. The van der Waals surface area contributed by atoms with E-state index < -0.39 is 16.1 Å². The largest absolute Gasteiger partial charge is 0.378 e. The predicted octanol–water partition coefficient (Wildman–Crippen LogP) is 1.19. The Labute approximate surface area is 141 Å². The Morgan fingerprint density at radius 2 is 2.00 bits per heavy atom. The fraction of sp³-hybridized carbons (Fsp3) is 0.500. The van der Waals surface area contributed by atoms with Crippen LogP contribution in [0.3, 0.4) is 0 Å². The van der Waals surface area contributed by atoms with Crippen molar-refractivity contribution in [1.82, 2.24) is 19.1 Å². The van der Waals surface area contributed by atoms with E-state index in [-0.39, 0.29) is 5.25 Å². The van der Waals surface area contributed by atoms with Crippen LogP contribution in [0.2, 0.25) is 0 Å². The quantitative estimate of drug-likeness (QED) is 0.811. The zero-order chi connectivity index (χ0) is 16.6. The third kappa shape index (κ3) is 2.97. The number of nitrogens with zero attached hydrogens (tertiary/aromatic N) is 4. The molecule has 2 aromatic rings. The van der Waals surface area contributed by atoms with Crippen LogP contribution in [0.1, 0.15) is 30.3 Å². The number of morpholine rings is 1. The van der Waals surface area contributed by atoms with Gasteiger partial charge in [-0.05, 0) is 18.4 Å². The summed E-state index contributed by atoms with van der Waals surface area (Å²) in [6, 6.07) is 9.53. The number of rotatable bonds is 5. The molecular weight excluding hydrogens is 328 g/mol. The van der Waals surface area contributed by atoms with Crippen molar-refractivity contribution in [2.45, 2.75) is 30.7 Å². The zero-order valence-electron chi connectivity index (χ0n) is 13.3. The summed E-state index contributed by atoms with van der Waals surface area (Å²) < 4.78 is 34.4. The Morgan fingerprint density at radius 3 is 2.75 bits per heavy atom. The number of ether oxygens (including phenoxy) is 1. The molecule has 7 nitrogen and oxygen atoms in total. The Kier molecular flexibility index (Phi) is 4.11. The zero-order valence-corrected chi connectivity index (χ0v) is 14.1. The van der Waals surface area contributed by atoms with Crippen molar-refractivity contribution >= 4 is 10.0 Å². The van der Waals surface area contributed by atoms with Gasteiger partial charge in [-0.1, -0.05) is 30.3 Å². The van der Waals surface area contributed by atoms with Gasteiger partial charge in [0.1, 0.15) is 18.2 Å². The highest BCUT2D eigenvalue weighted by Crippen LogP contribution is 2.36. The van der Waals surface area contributed by atoms with E-state index in [9.17, 15) is 8.42 Å². The fourth-order valence-corrected chi connectivity index (χ4v) is 5.02. The summed E-state index contributed by atoms with van der Waals surface area (Å²) in [7, 11) is -3.28. The van der Waals surface area contributed by atoms with E-state index in [1.54, 1.807) is 8.99 Å². The molecule has 8 heteroatoms. The van der Waals surface area contributed by atoms with E-state index in [4.69, 9.17) is 4.74 Å². The summed E-state index contributed by atoms with van der Waals surface area (Å²) in [5, 5.41) is 4.06. The molecule has 1 aliphatic heterocycles. The Morgan fingerprint density at radius 1 is 1.21 bits per heavy atom. The number of sulfonamides is 1. The van der Waals surface area contributed by atoms with Crippen LogP contribution in [0.4, 0.5) is 0 Å². The smallest absolute Gasteiger partial charge is 0.217 e. The topological polar surface area (TPSA) is 77.3 Å². The number of aromatic nitrogens is 3. The molecule has 0 amide bonds. The average molecular weight is 348 g/mol. The summed E-state index contributed by atoms with van der Waals surface area (Å²) in [5.74, 6) is 0.641. The van der Waals surface area contributed by atoms with Gasteiger partial charge >= 0.3 is 0 Å². The van der Waals surface area contributed by atoms with E-state index >= 15 is 0 Å². The highest BCUT2D eigenvalue weighted by molar-refractivity contribution is 7.90. The summed E-state index contributed by atoms with van der Waals surface area (Å²) in [4.78, 5) is 4.35. The van der Waals surface area contributed by atoms with Crippen molar-refractivity contribution in [3.63, 3.8) is 0 Å². The molecule has 128 valence electrons. The van der Waals surface area contributed by atoms with Crippen LogP contribution in [0.25, 0.3) is 0 Å². The first-order valence-corrected chi connectivity index (χ1v) is 9.66. The molecule has 1 saturated carbocycles. The van der Waals surface area contributed by atoms with Gasteiger partial charge in [-0.15, -0.1) is 0 Å². The van der Waals surface area contributed by atoms with Gasteiger partial charge in [0.2, 0.25) is 10.0 Å². The standard InChI is InChI=1S/C16H20N4O3S/c21-24(22,14-6-7-14)20-8-9-23-11-15(20)16-17-12-18-19(16)10-13-4-2-1-3-5-13/h1-5,12,14-15H,6-11H2. The molecule has 24 heavy (non-hydrogen) atoms. The average Bonchev–Trinajstić information content (AvgIpc) is 3.37. The molecule has 1 saturated heterocycles. The lowest BCUT2D eigenvalue weighted by Crippen LogP contribution is -2.45. The maximum absolute atomic E-state index is 12.7. The van der Waals surface area contributed by atoms with Crippen molar-refractivity contribution < 1.29 is 13.2 Å². The first kappa shape index (κ1) is 15.7. The maximum Gasteiger partial charge on any atom is 0.217 e. The predicted molar refractivity (Wildman–Crippen MR) is 87.8 cm³/mol. The third-order valence-corrected chi connectivity index (χ3v) is 6.88. The third-order valence-electron chi connectivity index (χ3n) is 4.47. The molecule has 1 unspecified atom stereocenters. The van der Waals surface area contributed by atoms with Gasteiger partial charge in [-0.3, -0.25) is 0 Å². The van der Waals surface area contributed by atoms with E-state index in [0.717, 1.165) is 18.4 Å². The lowest BCUT2D eigenvalue weighted by atomic mass is 10.2. The second kappa shape index (κ2) is 6.27. The van der Waals surface area contributed by atoms with Crippen molar-refractivity contribution in [1.29, 1.82) is 0 Å². The molecule has 0 spiro atoms. The van der Waals surface area contributed by atoms with Crippen LogP contribution in [-0.2, 0) is 21.3 Å². The number of hydrogen-bond acceptors (Lipinski definition) is 5. The van der Waals surface area contributed by atoms with Gasteiger partial charge in [0.25, 0.3) is 0 Å². The molecule has 1 aromatic carbocycles. The fourth-order valence-electron chi connectivity index (χ4n) is 3.06. The maximum atomic E-state index is 12.7. The summed E-state index contributed by atoms with van der Waals surface area (Å²) in [6.07, 6.45) is 2.99. The summed E-state index contributed by atoms with van der Waals surface area (Å²) in [6.45, 7) is 1.68. The van der Waals surface area contributed by atoms with Crippen LogP contribution in [0.5, 0.6) is 0 Å². The minimum Gasteiger partial charge on any atom is -0.378 e. The Bertz CT molecular complexity index is 802. The van der Waals surface area contributed by atoms with Gasteiger partial charge in [0.15, 0.2) is 0 Å². The highest BCUT2D eigenvalue weighted by Gasteiger charge is 2.45. The van der Waals surface area contributed by atoms with Gasteiger partial charge in [0.05, 0.1) is 25.0 Å². The van der Waals surface area contributed by atoms with Crippen molar-refractivity contribution in [3.05, 3.63) is 48.0 Å². The van der Waals surface area contributed by atoms with Gasteiger partial charge in [-0.2, -0.15) is 9.40 Å². The van der Waals surface area contributed by atoms with Crippen molar-refractivity contribution in [3.8, 4) is 0 Å². The molecule has 4 rings (SSSR count). The highest BCUT2D eigenvalue weighted by atomic mass is 32.2. The Balaban J connectivity index is 1.63. The minimum absolute atomic E-state index is 0.233. The second-order valence-electron chi connectivity index (χ2n) is 6.21. The van der Waals surface area contributed by atoms with E-state index in [1.165, 1.54) is 6.33 Å². The van der Waals surface area contributed by atoms with E-state index in [1.807, 2.05) is 30.3 Å². The van der Waals surface area contributed by atoms with Crippen molar-refractivity contribution in [2.75, 3.05) is 19.8 Å². The van der Waals surface area contributed by atoms with E-state index in [0.29, 0.717) is 32.1 Å². The lowest BCUT2D eigenvalue weighted by Gasteiger charge is -2.34. The first-order chi connectivity index (χ1) is 11.7. The molecule has 1 aliphatic carbocycles. The first-order valence-electron chi connectivity index (χ1n) is 8.16. The van der Waals surface area contributed by atoms with Crippen LogP contribution in [-0.4, -0.2) is 52.5 Å². The van der Waals surface area contributed by atoms with E-state index in [2.05, 4.69) is 10.1 Å². The molecular formula is C16H20N4O3S. The van der Waals surface area contributed by atoms with Crippen LogP contribution < -0.4 is 0 Å². The lowest BCUT2D eigenvalue weighted by molar-refractivity contribution is 0.0274. The van der Waals surface area contributed by atoms with Crippen molar-refractivity contribution in [2.24, 2.45) is 0 Å². The monoisotopic (exact) mass is 348 g/mol. The van der Waals surface area contributed by atoms with Gasteiger partial charge in [0, 0.05) is 6.54 Å². The summed E-state index contributed by atoms with van der Waals surface area (Å²) >= 11 is 0. The van der Waals surface area contributed by atoms with Crippen LogP contribution >= 0.6 is 0 Å². The summed E-state index contributed by atoms with van der Waals surface area (Å²) in [5.41, 5.74) is 1.09. The molecule has 2 aliphatic rings. The SMILES string of the molecule is O=S(=O)(C1CC1)N1CCOCC1c1ncnn1Cc1ccccc1. The molecule has 2 heterocycles. The van der Waals surface area contributed by atoms with Gasteiger partial charge < -0.3 is 4.74 Å². The normalized spacial score (nSPS) is 22.6. The molecule has 1 atom stereocenters. The molecule has 1 aromatic heterocycles. The van der Waals surface area contributed by atoms with Crippen LogP contribution in [0.15, 0.2) is 36.7 Å². The Hall–Kier alpha value is -1.77.